The SMILES string of the molecule is CNC1=N[C](SC)N=C2N=CN=C21. The summed E-state index contributed by atoms with van der Waals surface area (Å²) in [5.41, 5.74) is 1.43. The molecule has 0 aromatic rings. The third kappa shape index (κ3) is 1.37. The lowest BCUT2D eigenvalue weighted by molar-refractivity contribution is 1.11. The predicted molar refractivity (Wildman–Crippen MR) is 56.6 cm³/mol. The van der Waals surface area contributed by atoms with E-state index in [1.54, 1.807) is 7.05 Å². The molecule has 0 aromatic heterocycles. The third-order valence-electron chi connectivity index (χ3n) is 1.63. The molecule has 0 amide bonds. The van der Waals surface area contributed by atoms with Crippen molar-refractivity contribution < 1.29 is 0 Å². The van der Waals surface area contributed by atoms with Crippen LogP contribution in [-0.4, -0.2) is 37.0 Å². The molecule has 5 nitrogen and oxygen atoms in total. The number of hydrogen-bond donors (Lipinski definition) is 1. The highest BCUT2D eigenvalue weighted by Crippen LogP contribution is 2.23. The summed E-state index contributed by atoms with van der Waals surface area (Å²) < 4.78 is 0. The fourth-order valence-corrected chi connectivity index (χ4v) is 1.40. The molecule has 1 radical (unpaired) electrons. The van der Waals surface area contributed by atoms with E-state index >= 15 is 0 Å². The van der Waals surface area contributed by atoms with Crippen LogP contribution in [0.2, 0.25) is 0 Å². The number of nitrogens with zero attached hydrogens (tertiary/aromatic N) is 4. The monoisotopic (exact) mass is 194 g/mol. The summed E-state index contributed by atoms with van der Waals surface area (Å²) in [6.07, 6.45) is 3.42. The largest absolute Gasteiger partial charge is 0.371 e. The zero-order chi connectivity index (χ0) is 9.26. The average molecular weight is 194 g/mol. The van der Waals surface area contributed by atoms with Crippen molar-refractivity contribution in [3.8, 4) is 0 Å². The maximum absolute atomic E-state index is 4.25. The summed E-state index contributed by atoms with van der Waals surface area (Å²) in [5.74, 6) is 1.37. The molecule has 2 aliphatic rings. The molecule has 0 spiro atoms. The van der Waals surface area contributed by atoms with Crippen molar-refractivity contribution in [1.29, 1.82) is 0 Å². The van der Waals surface area contributed by atoms with Gasteiger partial charge in [0.1, 0.15) is 6.34 Å². The Balaban J connectivity index is 2.35. The summed E-state index contributed by atoms with van der Waals surface area (Å²) in [4.78, 5) is 16.5. The molecular formula is C7H8N5S. The zero-order valence-electron chi connectivity index (χ0n) is 7.27. The molecular weight excluding hydrogens is 186 g/mol. The van der Waals surface area contributed by atoms with Gasteiger partial charge < -0.3 is 5.32 Å². The lowest BCUT2D eigenvalue weighted by atomic mass is 10.3. The van der Waals surface area contributed by atoms with Crippen LogP contribution in [0.4, 0.5) is 0 Å². The first-order chi connectivity index (χ1) is 6.35. The summed E-state index contributed by atoms with van der Waals surface area (Å²) in [7, 11) is 1.81. The number of nitrogens with one attached hydrogen (secondary N) is 1. The number of hydrogen-bond acceptors (Lipinski definition) is 6. The van der Waals surface area contributed by atoms with Crippen molar-refractivity contribution >= 4 is 35.5 Å². The second kappa shape index (κ2) is 3.29. The van der Waals surface area contributed by atoms with Crippen molar-refractivity contribution in [1.82, 2.24) is 5.32 Å². The number of aliphatic imine (C=N–C) groups is 4. The molecule has 0 aliphatic carbocycles. The Morgan fingerprint density at radius 2 is 2.23 bits per heavy atom. The molecule has 6 heteroatoms. The fraction of sp³-hybridized carbons (Fsp3) is 0.286. The van der Waals surface area contributed by atoms with E-state index < -0.39 is 0 Å². The molecule has 13 heavy (non-hydrogen) atoms. The molecule has 2 heterocycles. The van der Waals surface area contributed by atoms with Gasteiger partial charge in [0, 0.05) is 7.05 Å². The van der Waals surface area contributed by atoms with E-state index in [2.05, 4.69) is 25.3 Å². The number of thioether (sulfide) groups is 1. The van der Waals surface area contributed by atoms with E-state index in [0.717, 1.165) is 11.5 Å². The van der Waals surface area contributed by atoms with Gasteiger partial charge in [0.15, 0.2) is 17.4 Å². The van der Waals surface area contributed by atoms with Crippen molar-refractivity contribution in [2.24, 2.45) is 20.0 Å². The first-order valence-corrected chi connectivity index (χ1v) is 4.95. The van der Waals surface area contributed by atoms with Crippen molar-refractivity contribution in [2.75, 3.05) is 13.3 Å². The Morgan fingerprint density at radius 1 is 1.38 bits per heavy atom. The molecule has 1 N–H and O–H groups in total. The first-order valence-electron chi connectivity index (χ1n) is 3.72. The molecule has 0 unspecified atom stereocenters. The maximum atomic E-state index is 4.25. The zero-order valence-corrected chi connectivity index (χ0v) is 8.09. The number of fused-ring (bicyclic) bond motifs is 1. The molecule has 67 valence electrons. The van der Waals surface area contributed by atoms with Gasteiger partial charge >= 0.3 is 0 Å². The number of rotatable bonds is 1. The molecule has 0 saturated carbocycles. The van der Waals surface area contributed by atoms with E-state index in [4.69, 9.17) is 0 Å². The Hall–Kier alpha value is -1.17. The van der Waals surface area contributed by atoms with Crippen LogP contribution in [0.25, 0.3) is 0 Å². The first kappa shape index (κ1) is 8.43. The van der Waals surface area contributed by atoms with Crippen LogP contribution in [0.3, 0.4) is 0 Å². The van der Waals surface area contributed by atoms with Gasteiger partial charge in [-0.2, -0.15) is 0 Å². The highest BCUT2D eigenvalue weighted by Gasteiger charge is 2.25. The summed E-state index contributed by atoms with van der Waals surface area (Å²) in [6.45, 7) is 0. The van der Waals surface area contributed by atoms with E-state index in [0.29, 0.717) is 11.3 Å². The molecule has 2 rings (SSSR count). The van der Waals surface area contributed by atoms with E-state index in [1.165, 1.54) is 18.1 Å². The predicted octanol–water partition coefficient (Wildman–Crippen LogP) is 0.309. The second-order valence-electron chi connectivity index (χ2n) is 2.35. The van der Waals surface area contributed by atoms with Gasteiger partial charge in [-0.3, -0.25) is 0 Å². The van der Waals surface area contributed by atoms with Crippen LogP contribution in [0.1, 0.15) is 0 Å². The third-order valence-corrected chi connectivity index (χ3v) is 2.18. The molecule has 0 atom stereocenters. The average Bonchev–Trinajstić information content (AvgIpc) is 2.63. The van der Waals surface area contributed by atoms with E-state index in [-0.39, 0.29) is 0 Å². The highest BCUT2D eigenvalue weighted by molar-refractivity contribution is 8.01. The lowest BCUT2D eigenvalue weighted by Gasteiger charge is -2.13. The summed E-state index contributed by atoms with van der Waals surface area (Å²) in [6, 6.07) is 0. The minimum absolute atomic E-state index is 0.642. The fourth-order valence-electron chi connectivity index (χ4n) is 1.04. The molecule has 2 aliphatic heterocycles. The Labute approximate surface area is 80.2 Å². The van der Waals surface area contributed by atoms with Crippen LogP contribution in [0, 0.1) is 5.50 Å². The van der Waals surface area contributed by atoms with Gasteiger partial charge in [-0.1, -0.05) is 0 Å². The number of amidine groups is 2. The van der Waals surface area contributed by atoms with Gasteiger partial charge in [0.05, 0.1) is 0 Å². The smallest absolute Gasteiger partial charge is 0.256 e. The van der Waals surface area contributed by atoms with Gasteiger partial charge in [0.2, 0.25) is 0 Å². The Kier molecular flexibility index (Phi) is 2.13. The minimum Gasteiger partial charge on any atom is -0.371 e. The van der Waals surface area contributed by atoms with Crippen molar-refractivity contribution in [2.45, 2.75) is 0 Å². The van der Waals surface area contributed by atoms with Gasteiger partial charge in [-0.05, 0) is 6.26 Å². The molecule has 0 bridgehead atoms. The van der Waals surface area contributed by atoms with Crippen molar-refractivity contribution in [3.63, 3.8) is 0 Å². The van der Waals surface area contributed by atoms with Crippen LogP contribution in [-0.2, 0) is 0 Å². The second-order valence-corrected chi connectivity index (χ2v) is 3.13. The van der Waals surface area contributed by atoms with Crippen molar-refractivity contribution in [3.05, 3.63) is 5.50 Å². The maximum Gasteiger partial charge on any atom is 0.256 e. The van der Waals surface area contributed by atoms with Crippen LogP contribution in [0.5, 0.6) is 0 Å². The molecule has 0 saturated heterocycles. The van der Waals surface area contributed by atoms with Crippen LogP contribution < -0.4 is 5.32 Å². The van der Waals surface area contributed by atoms with Crippen LogP contribution in [0.15, 0.2) is 20.0 Å². The van der Waals surface area contributed by atoms with E-state index in [1.807, 2.05) is 6.26 Å². The quantitative estimate of drug-likeness (QED) is 0.653. The minimum atomic E-state index is 0.642. The normalized spacial score (nSPS) is 20.6. The highest BCUT2D eigenvalue weighted by atomic mass is 32.2. The molecule has 0 fully saturated rings. The summed E-state index contributed by atoms with van der Waals surface area (Å²) >= 11 is 1.49. The Bertz CT molecular complexity index is 341. The Morgan fingerprint density at radius 3 is 2.92 bits per heavy atom. The van der Waals surface area contributed by atoms with Crippen LogP contribution >= 0.6 is 11.8 Å². The lowest BCUT2D eigenvalue weighted by Crippen LogP contribution is -2.34. The molecule has 0 aromatic carbocycles. The van der Waals surface area contributed by atoms with E-state index in [9.17, 15) is 0 Å². The van der Waals surface area contributed by atoms with Gasteiger partial charge in [-0.25, -0.2) is 20.0 Å². The van der Waals surface area contributed by atoms with Gasteiger partial charge in [0.25, 0.3) is 5.50 Å². The summed E-state index contributed by atoms with van der Waals surface area (Å²) in [5, 5.41) is 2.96. The topological polar surface area (TPSA) is 61.5 Å². The standard InChI is InChI=1S/C7H8N5S/c1-8-5-4-6(10-3-9-4)12-7(11-5)13-2/h3H,1-2H3,(H,8,11). The van der Waals surface area contributed by atoms with Gasteiger partial charge in [-0.15, -0.1) is 11.8 Å².